The first-order valence-corrected chi connectivity index (χ1v) is 10.3. The second-order valence-corrected chi connectivity index (χ2v) is 7.74. The van der Waals surface area contributed by atoms with Crippen molar-refractivity contribution in [2.24, 2.45) is 0 Å². The molecule has 2 aromatic carbocycles. The number of methoxy groups -OCH3 is 1. The number of benzene rings is 2. The number of anilines is 1. The number of ether oxygens (including phenoxy) is 1. The van der Waals surface area contributed by atoms with Crippen molar-refractivity contribution in [3.8, 4) is 17.0 Å². The molecular formula is C22H20Cl2N4O2. The van der Waals surface area contributed by atoms with Gasteiger partial charge in [-0.15, -0.1) is 0 Å². The normalized spacial score (nSPS) is 14.0. The van der Waals surface area contributed by atoms with Gasteiger partial charge in [0.15, 0.2) is 0 Å². The van der Waals surface area contributed by atoms with Crippen LogP contribution in [0.2, 0.25) is 10.0 Å². The third kappa shape index (κ3) is 4.35. The molecule has 1 aromatic heterocycles. The Hall–Kier alpha value is -2.83. The average molecular weight is 443 g/mol. The van der Waals surface area contributed by atoms with Gasteiger partial charge >= 0.3 is 0 Å². The Balaban J connectivity index is 1.45. The highest BCUT2D eigenvalue weighted by Crippen LogP contribution is 2.25. The number of carbonyl (C=O) groups is 1. The highest BCUT2D eigenvalue weighted by atomic mass is 35.5. The van der Waals surface area contributed by atoms with Gasteiger partial charge in [-0.3, -0.25) is 4.79 Å². The lowest BCUT2D eigenvalue weighted by atomic mass is 10.1. The summed E-state index contributed by atoms with van der Waals surface area (Å²) >= 11 is 12.2. The minimum atomic E-state index is -0.108. The summed E-state index contributed by atoms with van der Waals surface area (Å²) in [7, 11) is 1.64. The molecule has 1 aliphatic rings. The third-order valence-electron chi connectivity index (χ3n) is 5.09. The van der Waals surface area contributed by atoms with Gasteiger partial charge in [-0.1, -0.05) is 23.2 Å². The highest BCUT2D eigenvalue weighted by Gasteiger charge is 2.24. The number of hydrogen-bond donors (Lipinski definition) is 0. The first-order chi connectivity index (χ1) is 14.5. The van der Waals surface area contributed by atoms with Crippen molar-refractivity contribution in [2.45, 2.75) is 0 Å². The van der Waals surface area contributed by atoms with Crippen molar-refractivity contribution in [3.63, 3.8) is 0 Å². The van der Waals surface area contributed by atoms with Crippen LogP contribution >= 0.6 is 23.2 Å². The molecule has 3 aromatic rings. The number of halogens is 2. The molecule has 1 fully saturated rings. The summed E-state index contributed by atoms with van der Waals surface area (Å²) in [4.78, 5) is 25.6. The summed E-state index contributed by atoms with van der Waals surface area (Å²) < 4.78 is 5.21. The molecule has 6 nitrogen and oxygen atoms in total. The molecule has 1 amide bonds. The van der Waals surface area contributed by atoms with E-state index in [-0.39, 0.29) is 5.91 Å². The van der Waals surface area contributed by atoms with Crippen LogP contribution in [-0.4, -0.2) is 54.1 Å². The zero-order valence-corrected chi connectivity index (χ0v) is 17.9. The van der Waals surface area contributed by atoms with E-state index in [9.17, 15) is 4.79 Å². The fourth-order valence-electron chi connectivity index (χ4n) is 3.41. The third-order valence-corrected chi connectivity index (χ3v) is 5.65. The molecule has 0 unspecified atom stereocenters. The van der Waals surface area contributed by atoms with Crippen LogP contribution in [0.3, 0.4) is 0 Å². The van der Waals surface area contributed by atoms with Crippen LogP contribution < -0.4 is 9.64 Å². The fraction of sp³-hybridized carbons (Fsp3) is 0.227. The van der Waals surface area contributed by atoms with Crippen LogP contribution in [-0.2, 0) is 0 Å². The van der Waals surface area contributed by atoms with Crippen molar-refractivity contribution in [1.29, 1.82) is 0 Å². The SMILES string of the molecule is COc1ccc(-c2cc(N3CCN(C(=O)c4cc(Cl)ccc4Cl)CC3)ncn2)cc1. The van der Waals surface area contributed by atoms with E-state index in [1.165, 1.54) is 0 Å². The first kappa shape index (κ1) is 20.4. The molecule has 2 heterocycles. The van der Waals surface area contributed by atoms with Gasteiger partial charge in [0, 0.05) is 42.8 Å². The van der Waals surface area contributed by atoms with E-state index in [4.69, 9.17) is 27.9 Å². The van der Waals surface area contributed by atoms with Crippen LogP contribution in [0.25, 0.3) is 11.3 Å². The van der Waals surface area contributed by atoms with Crippen LogP contribution in [0, 0.1) is 0 Å². The van der Waals surface area contributed by atoms with Gasteiger partial charge in [-0.2, -0.15) is 0 Å². The number of piperazine rings is 1. The van der Waals surface area contributed by atoms with Crippen LogP contribution in [0.1, 0.15) is 10.4 Å². The van der Waals surface area contributed by atoms with E-state index in [2.05, 4.69) is 14.9 Å². The standard InChI is InChI=1S/C22H20Cl2N4O2/c1-30-17-5-2-15(3-6-17)20-13-21(26-14-25-20)27-8-10-28(11-9-27)22(29)18-12-16(23)4-7-19(18)24/h2-7,12-14H,8-11H2,1H3. The molecule has 0 spiro atoms. The maximum absolute atomic E-state index is 12.8. The van der Waals surface area contributed by atoms with Gasteiger partial charge in [0.2, 0.25) is 0 Å². The summed E-state index contributed by atoms with van der Waals surface area (Å²) in [5.41, 5.74) is 2.26. The summed E-state index contributed by atoms with van der Waals surface area (Å²) in [6, 6.07) is 14.7. The second-order valence-electron chi connectivity index (χ2n) is 6.89. The lowest BCUT2D eigenvalue weighted by Crippen LogP contribution is -2.49. The summed E-state index contributed by atoms with van der Waals surface area (Å²) in [5, 5.41) is 0.903. The Morgan fingerprint density at radius 1 is 0.967 bits per heavy atom. The molecule has 0 atom stereocenters. The Morgan fingerprint density at radius 2 is 1.70 bits per heavy atom. The van der Waals surface area contributed by atoms with Gasteiger partial charge in [0.25, 0.3) is 5.91 Å². The molecule has 1 saturated heterocycles. The van der Waals surface area contributed by atoms with Gasteiger partial charge < -0.3 is 14.5 Å². The quantitative estimate of drug-likeness (QED) is 0.598. The number of hydrogen-bond acceptors (Lipinski definition) is 5. The lowest BCUT2D eigenvalue weighted by molar-refractivity contribution is 0.0746. The number of aromatic nitrogens is 2. The predicted molar refractivity (Wildman–Crippen MR) is 119 cm³/mol. The van der Waals surface area contributed by atoms with Crippen LogP contribution in [0.5, 0.6) is 5.75 Å². The molecule has 0 aliphatic carbocycles. The molecule has 0 N–H and O–H groups in total. The Bertz CT molecular complexity index is 1050. The van der Waals surface area contributed by atoms with Crippen molar-refractivity contribution < 1.29 is 9.53 Å². The summed E-state index contributed by atoms with van der Waals surface area (Å²) in [5.74, 6) is 1.53. The van der Waals surface area contributed by atoms with Gasteiger partial charge in [0.05, 0.1) is 23.4 Å². The maximum Gasteiger partial charge on any atom is 0.255 e. The topological polar surface area (TPSA) is 58.6 Å². The summed E-state index contributed by atoms with van der Waals surface area (Å²) in [6.07, 6.45) is 1.57. The summed E-state index contributed by atoms with van der Waals surface area (Å²) in [6.45, 7) is 2.49. The van der Waals surface area contributed by atoms with Crippen molar-refractivity contribution in [1.82, 2.24) is 14.9 Å². The minimum absolute atomic E-state index is 0.108. The molecule has 0 bridgehead atoms. The van der Waals surface area contributed by atoms with E-state index in [1.807, 2.05) is 30.3 Å². The molecule has 0 saturated carbocycles. The Labute approximate surface area is 185 Å². The molecule has 8 heteroatoms. The number of amides is 1. The number of rotatable bonds is 4. The average Bonchev–Trinajstić information content (AvgIpc) is 2.80. The van der Waals surface area contributed by atoms with E-state index < -0.39 is 0 Å². The first-order valence-electron chi connectivity index (χ1n) is 9.51. The van der Waals surface area contributed by atoms with E-state index in [0.29, 0.717) is 41.8 Å². The monoisotopic (exact) mass is 442 g/mol. The fourth-order valence-corrected chi connectivity index (χ4v) is 3.78. The van der Waals surface area contributed by atoms with Crippen molar-refractivity contribution >= 4 is 34.9 Å². The minimum Gasteiger partial charge on any atom is -0.497 e. The molecule has 1 aliphatic heterocycles. The molecule has 30 heavy (non-hydrogen) atoms. The van der Waals surface area contributed by atoms with Crippen LogP contribution in [0.4, 0.5) is 5.82 Å². The van der Waals surface area contributed by atoms with E-state index in [1.54, 1.807) is 36.5 Å². The van der Waals surface area contributed by atoms with Gasteiger partial charge in [0.1, 0.15) is 17.9 Å². The molecule has 154 valence electrons. The largest absolute Gasteiger partial charge is 0.497 e. The van der Waals surface area contributed by atoms with Gasteiger partial charge in [-0.05, 0) is 42.5 Å². The van der Waals surface area contributed by atoms with E-state index >= 15 is 0 Å². The molecule has 4 rings (SSSR count). The Morgan fingerprint density at radius 3 is 2.40 bits per heavy atom. The second kappa shape index (κ2) is 8.90. The highest BCUT2D eigenvalue weighted by molar-refractivity contribution is 6.35. The smallest absolute Gasteiger partial charge is 0.255 e. The zero-order chi connectivity index (χ0) is 21.1. The van der Waals surface area contributed by atoms with Crippen molar-refractivity contribution in [2.75, 3.05) is 38.2 Å². The molecule has 0 radical (unpaired) electrons. The zero-order valence-electron chi connectivity index (χ0n) is 16.4. The lowest BCUT2D eigenvalue weighted by Gasteiger charge is -2.35. The number of carbonyl (C=O) groups excluding carboxylic acids is 1. The maximum atomic E-state index is 12.8. The van der Waals surface area contributed by atoms with Crippen LogP contribution in [0.15, 0.2) is 54.9 Å². The van der Waals surface area contributed by atoms with E-state index in [0.717, 1.165) is 22.8 Å². The van der Waals surface area contributed by atoms with Crippen molar-refractivity contribution in [3.05, 3.63) is 70.5 Å². The molecular weight excluding hydrogens is 423 g/mol. The Kier molecular flexibility index (Phi) is 6.06. The number of nitrogens with zero attached hydrogens (tertiary/aromatic N) is 4. The van der Waals surface area contributed by atoms with Gasteiger partial charge in [-0.25, -0.2) is 9.97 Å². The predicted octanol–water partition coefficient (Wildman–Crippen LogP) is 4.42.